The second-order valence-electron chi connectivity index (χ2n) is 11.8. The average Bonchev–Trinajstić information content (AvgIpc) is 3.25. The molecule has 242 valence electrons. The maximum Gasteiger partial charge on any atom is 0.419 e. The molecule has 1 spiro atoms. The summed E-state index contributed by atoms with van der Waals surface area (Å²) in [6.07, 6.45) is -1.42. The molecule has 1 fully saturated rings. The van der Waals surface area contributed by atoms with E-state index < -0.39 is 44.9 Å². The van der Waals surface area contributed by atoms with E-state index in [1.165, 1.54) is 22.5 Å². The van der Waals surface area contributed by atoms with E-state index >= 15 is 0 Å². The zero-order valence-corrected chi connectivity index (χ0v) is 27.0. The molecule has 1 unspecified atom stereocenters. The van der Waals surface area contributed by atoms with Crippen LogP contribution in [0.3, 0.4) is 0 Å². The fourth-order valence-electron chi connectivity index (χ4n) is 6.94. The normalized spacial score (nSPS) is 18.6. The Labute approximate surface area is 270 Å². The predicted octanol–water partition coefficient (Wildman–Crippen LogP) is 7.26. The maximum absolute atomic E-state index is 13.9. The smallest absolute Gasteiger partial charge is 0.341 e. The second kappa shape index (κ2) is 12.7. The minimum atomic E-state index is -4.96. The molecule has 2 atom stereocenters. The molecule has 1 N–H and O–H groups in total. The van der Waals surface area contributed by atoms with Gasteiger partial charge in [0.05, 0.1) is 33.6 Å². The van der Waals surface area contributed by atoms with Crippen LogP contribution in [0.2, 0.25) is 10.0 Å². The lowest BCUT2D eigenvalue weighted by atomic mass is 9.68. The van der Waals surface area contributed by atoms with Crippen molar-refractivity contribution in [3.8, 4) is 0 Å². The zero-order chi connectivity index (χ0) is 32.7. The SMILES string of the molecule is CN(C[C@@H](CCC1N(S(C)(=O)=O)c2ccccc2C12CCNCC2)c1ccc(Cl)c(Cl)c1)C(=O)c1ccc(F)c(C(F)(F)F)c1. The molecular formula is C32H33Cl2F4N3O3S. The number of nitrogens with one attached hydrogen (secondary N) is 1. The van der Waals surface area contributed by atoms with Crippen molar-refractivity contribution < 1.29 is 30.8 Å². The number of likely N-dealkylation sites (N-methyl/N-ethyl adjacent to an activating group) is 1. The van der Waals surface area contributed by atoms with Crippen molar-refractivity contribution in [2.75, 3.05) is 37.2 Å². The number of hydrogen-bond acceptors (Lipinski definition) is 4. The number of sulfonamides is 1. The highest BCUT2D eigenvalue weighted by molar-refractivity contribution is 7.92. The van der Waals surface area contributed by atoms with Crippen LogP contribution in [0.15, 0.2) is 60.7 Å². The first-order valence-corrected chi connectivity index (χ1v) is 17.1. The Kier molecular flexibility index (Phi) is 9.48. The fourth-order valence-corrected chi connectivity index (χ4v) is 8.53. The topological polar surface area (TPSA) is 69.7 Å². The lowest BCUT2D eigenvalue weighted by molar-refractivity contribution is -0.140. The number of anilines is 1. The Hall–Kier alpha value is -2.86. The van der Waals surface area contributed by atoms with Crippen LogP contribution < -0.4 is 9.62 Å². The first-order chi connectivity index (χ1) is 21.1. The molecular weight excluding hydrogens is 653 g/mol. The van der Waals surface area contributed by atoms with E-state index in [0.29, 0.717) is 40.7 Å². The number of para-hydroxylation sites is 1. The summed E-state index contributed by atoms with van der Waals surface area (Å²) in [5, 5.41) is 4.01. The highest BCUT2D eigenvalue weighted by atomic mass is 35.5. The van der Waals surface area contributed by atoms with Gasteiger partial charge in [-0.15, -0.1) is 0 Å². The summed E-state index contributed by atoms with van der Waals surface area (Å²) in [6.45, 7) is 1.53. The van der Waals surface area contributed by atoms with Gasteiger partial charge in [0, 0.05) is 30.5 Å². The first kappa shape index (κ1) is 33.5. The molecule has 3 aromatic rings. The van der Waals surface area contributed by atoms with Crippen LogP contribution >= 0.6 is 23.2 Å². The van der Waals surface area contributed by atoms with Gasteiger partial charge in [-0.05, 0) is 86.3 Å². The molecule has 45 heavy (non-hydrogen) atoms. The molecule has 0 aromatic heterocycles. The number of alkyl halides is 3. The summed E-state index contributed by atoms with van der Waals surface area (Å²) >= 11 is 12.6. The van der Waals surface area contributed by atoms with Crippen LogP contribution in [-0.2, 0) is 21.6 Å². The second-order valence-corrected chi connectivity index (χ2v) is 14.5. The molecule has 2 aliphatic rings. The van der Waals surface area contributed by atoms with Gasteiger partial charge in [-0.2, -0.15) is 13.2 Å². The van der Waals surface area contributed by atoms with Crippen molar-refractivity contribution in [3.05, 3.63) is 98.8 Å². The fraction of sp³-hybridized carbons (Fsp3) is 0.406. The average molecular weight is 687 g/mol. The van der Waals surface area contributed by atoms with Gasteiger partial charge in [0.2, 0.25) is 10.0 Å². The summed E-state index contributed by atoms with van der Waals surface area (Å²) in [6, 6.07) is 14.4. The van der Waals surface area contributed by atoms with Gasteiger partial charge in [-0.3, -0.25) is 9.10 Å². The maximum atomic E-state index is 13.9. The molecule has 1 amide bonds. The van der Waals surface area contributed by atoms with Crippen LogP contribution in [0, 0.1) is 5.82 Å². The van der Waals surface area contributed by atoms with Crippen molar-refractivity contribution in [1.29, 1.82) is 0 Å². The number of hydrogen-bond donors (Lipinski definition) is 1. The van der Waals surface area contributed by atoms with E-state index in [2.05, 4.69) is 5.32 Å². The molecule has 0 aliphatic carbocycles. The number of nitrogens with zero attached hydrogens (tertiary/aromatic N) is 2. The number of piperidine rings is 1. The van der Waals surface area contributed by atoms with Gasteiger partial charge in [0.15, 0.2) is 0 Å². The number of amides is 1. The Morgan fingerprint density at radius 1 is 1.07 bits per heavy atom. The largest absolute Gasteiger partial charge is 0.419 e. The van der Waals surface area contributed by atoms with Gasteiger partial charge >= 0.3 is 6.18 Å². The summed E-state index contributed by atoms with van der Waals surface area (Å²) in [5.41, 5.74) is 0.162. The van der Waals surface area contributed by atoms with Gasteiger partial charge < -0.3 is 10.2 Å². The Morgan fingerprint density at radius 2 is 1.76 bits per heavy atom. The number of fused-ring (bicyclic) bond motifs is 2. The number of carbonyl (C=O) groups excluding carboxylic acids is 1. The van der Waals surface area contributed by atoms with Crippen LogP contribution in [0.5, 0.6) is 0 Å². The third-order valence-corrected chi connectivity index (χ3v) is 10.9. The molecule has 0 saturated carbocycles. The van der Waals surface area contributed by atoms with Crippen molar-refractivity contribution in [1.82, 2.24) is 10.2 Å². The molecule has 2 heterocycles. The molecule has 6 nitrogen and oxygen atoms in total. The zero-order valence-electron chi connectivity index (χ0n) is 24.7. The number of carbonyl (C=O) groups is 1. The van der Waals surface area contributed by atoms with E-state index in [9.17, 15) is 30.8 Å². The van der Waals surface area contributed by atoms with E-state index in [1.54, 1.807) is 18.2 Å². The molecule has 13 heteroatoms. The Bertz CT molecular complexity index is 1700. The number of rotatable bonds is 8. The predicted molar refractivity (Wildman–Crippen MR) is 168 cm³/mol. The first-order valence-electron chi connectivity index (χ1n) is 14.5. The standard InChI is InChI=1S/C32H33Cl2F4N3O3S/c1-40(30(42)21-8-11-27(35)24(17-21)32(36,37)38)19-22(20-7-10-25(33)26(34)18-20)9-12-29-31(13-15-39-16-14-31)23-5-3-4-6-28(23)41(29)45(2,43)44/h3-8,10-11,17-18,22,29,39H,9,12-16,19H2,1-2H3/t22-,29?/m1/s1. The summed E-state index contributed by atoms with van der Waals surface area (Å²) in [7, 11) is -2.21. The van der Waals surface area contributed by atoms with Gasteiger partial charge in [0.25, 0.3) is 5.91 Å². The summed E-state index contributed by atoms with van der Waals surface area (Å²) < 4.78 is 82.2. The van der Waals surface area contributed by atoms with E-state index in [0.717, 1.165) is 43.1 Å². The van der Waals surface area contributed by atoms with Crippen molar-refractivity contribution >= 4 is 44.8 Å². The summed E-state index contributed by atoms with van der Waals surface area (Å²) in [5.74, 6) is -2.57. The quantitative estimate of drug-likeness (QED) is 0.254. The molecule has 0 bridgehead atoms. The number of benzene rings is 3. The highest BCUT2D eigenvalue weighted by Crippen LogP contribution is 2.53. The third kappa shape index (κ3) is 6.68. The molecule has 0 radical (unpaired) electrons. The lowest BCUT2D eigenvalue weighted by Crippen LogP contribution is -2.52. The molecule has 5 rings (SSSR count). The van der Waals surface area contributed by atoms with Crippen molar-refractivity contribution in [2.24, 2.45) is 0 Å². The van der Waals surface area contributed by atoms with Crippen LogP contribution in [-0.4, -0.2) is 58.2 Å². The monoisotopic (exact) mass is 685 g/mol. The van der Waals surface area contributed by atoms with E-state index in [-0.39, 0.29) is 18.0 Å². The minimum absolute atomic E-state index is 0.0720. The van der Waals surface area contributed by atoms with E-state index in [1.807, 2.05) is 24.3 Å². The Balaban J connectivity index is 1.48. The summed E-state index contributed by atoms with van der Waals surface area (Å²) in [4.78, 5) is 14.6. The van der Waals surface area contributed by atoms with E-state index in [4.69, 9.17) is 23.2 Å². The molecule has 1 saturated heterocycles. The van der Waals surface area contributed by atoms with Crippen LogP contribution in [0.4, 0.5) is 23.2 Å². The highest BCUT2D eigenvalue weighted by Gasteiger charge is 2.53. The molecule has 3 aromatic carbocycles. The molecule has 2 aliphatic heterocycles. The number of halogens is 6. The lowest BCUT2D eigenvalue weighted by Gasteiger charge is -2.42. The van der Waals surface area contributed by atoms with Crippen LogP contribution in [0.25, 0.3) is 0 Å². The van der Waals surface area contributed by atoms with Gasteiger partial charge in [0.1, 0.15) is 5.82 Å². The Morgan fingerprint density at radius 3 is 2.40 bits per heavy atom. The van der Waals surface area contributed by atoms with Gasteiger partial charge in [-0.1, -0.05) is 47.5 Å². The third-order valence-electron chi connectivity index (χ3n) is 9.02. The van der Waals surface area contributed by atoms with Crippen LogP contribution in [0.1, 0.15) is 58.6 Å². The van der Waals surface area contributed by atoms with Crippen molar-refractivity contribution in [2.45, 2.75) is 49.2 Å². The minimum Gasteiger partial charge on any atom is -0.341 e. The van der Waals surface area contributed by atoms with Gasteiger partial charge in [-0.25, -0.2) is 12.8 Å². The van der Waals surface area contributed by atoms with Crippen molar-refractivity contribution in [3.63, 3.8) is 0 Å².